The number of aryl methyl sites for hydroxylation is 1. The second-order valence-corrected chi connectivity index (χ2v) is 10.7. The van der Waals surface area contributed by atoms with Gasteiger partial charge in [-0.1, -0.05) is 74.0 Å². The van der Waals surface area contributed by atoms with Crippen molar-refractivity contribution < 1.29 is 9.59 Å². The average molecular weight is 636 g/mol. The molecule has 0 saturated carbocycles. The van der Waals surface area contributed by atoms with Gasteiger partial charge in [0.15, 0.2) is 0 Å². The largest absolute Gasteiger partial charge is 0.325 e. The maximum atomic E-state index is 13.4. The van der Waals surface area contributed by atoms with Gasteiger partial charge in [0, 0.05) is 25.9 Å². The summed E-state index contributed by atoms with van der Waals surface area (Å²) in [4.78, 5) is 30.6. The van der Waals surface area contributed by atoms with Crippen LogP contribution in [0.15, 0.2) is 92.8 Å². The molecule has 4 rings (SSSR count). The summed E-state index contributed by atoms with van der Waals surface area (Å²) in [5.41, 5.74) is 3.49. The number of hydrogen-bond acceptors (Lipinski definition) is 5. The van der Waals surface area contributed by atoms with E-state index in [1.165, 1.54) is 0 Å². The maximum Gasteiger partial charge on any atom is 0.258 e. The lowest BCUT2D eigenvalue weighted by Crippen LogP contribution is -2.18. The molecule has 2 N–H and O–H groups in total. The lowest BCUT2D eigenvalue weighted by molar-refractivity contribution is -0.113. The van der Waals surface area contributed by atoms with E-state index in [-0.39, 0.29) is 23.1 Å². The Morgan fingerprint density at radius 3 is 2.11 bits per heavy atom. The van der Waals surface area contributed by atoms with Crippen LogP contribution in [0.3, 0.4) is 0 Å². The third kappa shape index (κ3) is 6.66. The molecule has 0 spiro atoms. The van der Waals surface area contributed by atoms with Gasteiger partial charge in [0.25, 0.3) is 5.91 Å². The fraction of sp³-hybridized carbons (Fsp3) is 0.0714. The maximum absolute atomic E-state index is 13.4. The number of para-hydroxylation sites is 1. The first kappa shape index (κ1) is 26.6. The van der Waals surface area contributed by atoms with Crippen molar-refractivity contribution in [3.05, 3.63) is 105 Å². The number of halogens is 2. The lowest BCUT2D eigenvalue weighted by Gasteiger charge is -2.17. The molecule has 0 fully saturated rings. The summed E-state index contributed by atoms with van der Waals surface area (Å²) < 4.78 is 1.78. The zero-order valence-electron chi connectivity index (χ0n) is 19.6. The minimum absolute atomic E-state index is 0.0481. The summed E-state index contributed by atoms with van der Waals surface area (Å²) in [6.45, 7) is 1.73. The number of carbonyl (C=O) groups is 2. The first-order valence-electron chi connectivity index (χ1n) is 11.1. The van der Waals surface area contributed by atoms with Gasteiger partial charge in [-0.2, -0.15) is 5.26 Å². The van der Waals surface area contributed by atoms with Crippen LogP contribution in [0.5, 0.6) is 0 Å². The van der Waals surface area contributed by atoms with Crippen molar-refractivity contribution in [3.63, 3.8) is 0 Å². The van der Waals surface area contributed by atoms with E-state index < -0.39 is 0 Å². The van der Waals surface area contributed by atoms with E-state index in [9.17, 15) is 14.9 Å². The van der Waals surface area contributed by atoms with Crippen molar-refractivity contribution in [3.8, 4) is 17.2 Å². The number of amides is 2. The van der Waals surface area contributed by atoms with Crippen molar-refractivity contribution in [2.45, 2.75) is 11.9 Å². The molecule has 0 bridgehead atoms. The quantitative estimate of drug-likeness (QED) is 0.206. The van der Waals surface area contributed by atoms with Crippen LogP contribution in [0.2, 0.25) is 0 Å². The highest BCUT2D eigenvalue weighted by molar-refractivity contribution is 9.10. The molecule has 0 aliphatic carbocycles. The fourth-order valence-electron chi connectivity index (χ4n) is 3.65. The lowest BCUT2D eigenvalue weighted by atomic mass is 9.94. The summed E-state index contributed by atoms with van der Waals surface area (Å²) in [5, 5.41) is 16.3. The van der Waals surface area contributed by atoms with Crippen molar-refractivity contribution >= 4 is 66.8 Å². The predicted octanol–water partition coefficient (Wildman–Crippen LogP) is 7.44. The molecular formula is C28H20Br2N4O2S. The second kappa shape index (κ2) is 12.2. The number of nitrogens with zero attached hydrogens (tertiary/aromatic N) is 2. The number of pyridine rings is 1. The van der Waals surface area contributed by atoms with Crippen LogP contribution in [-0.2, 0) is 4.79 Å². The number of rotatable bonds is 7. The normalized spacial score (nSPS) is 10.4. The summed E-state index contributed by atoms with van der Waals surface area (Å²) >= 11 is 7.97. The first-order valence-corrected chi connectivity index (χ1v) is 13.7. The van der Waals surface area contributed by atoms with Gasteiger partial charge >= 0.3 is 0 Å². The average Bonchev–Trinajstić information content (AvgIpc) is 2.89. The van der Waals surface area contributed by atoms with Crippen LogP contribution in [0.1, 0.15) is 21.6 Å². The third-order valence-corrected chi connectivity index (χ3v) is 7.35. The molecule has 0 aliphatic rings. The van der Waals surface area contributed by atoms with E-state index in [4.69, 9.17) is 0 Å². The van der Waals surface area contributed by atoms with Crippen molar-refractivity contribution in [1.29, 1.82) is 5.26 Å². The number of nitriles is 1. The number of benzene rings is 3. The zero-order chi connectivity index (χ0) is 26.4. The smallest absolute Gasteiger partial charge is 0.258 e. The molecule has 0 unspecified atom stereocenters. The monoisotopic (exact) mass is 634 g/mol. The SMILES string of the molecule is Cc1nc(SCC(=O)Nc2ccc(Br)cc2)c(C#N)c(-c2ccc(Br)cc2)c1C(=O)Nc1ccccc1. The van der Waals surface area contributed by atoms with Gasteiger partial charge in [-0.15, -0.1) is 0 Å². The summed E-state index contributed by atoms with van der Waals surface area (Å²) in [7, 11) is 0. The van der Waals surface area contributed by atoms with Crippen LogP contribution >= 0.6 is 43.6 Å². The highest BCUT2D eigenvalue weighted by Gasteiger charge is 2.25. The third-order valence-electron chi connectivity index (χ3n) is 5.32. The molecule has 1 aromatic heterocycles. The Bertz CT molecular complexity index is 1490. The Labute approximate surface area is 235 Å². The van der Waals surface area contributed by atoms with Crippen LogP contribution < -0.4 is 10.6 Å². The number of anilines is 2. The number of carbonyl (C=O) groups excluding carboxylic acids is 2. The van der Waals surface area contributed by atoms with Crippen LogP contribution in [0.4, 0.5) is 11.4 Å². The highest BCUT2D eigenvalue weighted by atomic mass is 79.9. The van der Waals surface area contributed by atoms with E-state index in [2.05, 4.69) is 53.5 Å². The molecule has 1 heterocycles. The molecular weight excluding hydrogens is 616 g/mol. The molecule has 184 valence electrons. The molecule has 0 atom stereocenters. The Morgan fingerprint density at radius 1 is 0.892 bits per heavy atom. The molecule has 9 heteroatoms. The van der Waals surface area contributed by atoms with Gasteiger partial charge in [-0.05, 0) is 61.0 Å². The van der Waals surface area contributed by atoms with Crippen LogP contribution in [0, 0.1) is 18.3 Å². The van der Waals surface area contributed by atoms with E-state index in [0.29, 0.717) is 38.8 Å². The number of aromatic nitrogens is 1. The second-order valence-electron chi connectivity index (χ2n) is 7.91. The van der Waals surface area contributed by atoms with E-state index >= 15 is 0 Å². The number of nitrogens with one attached hydrogen (secondary N) is 2. The Balaban J connectivity index is 1.70. The molecule has 0 saturated heterocycles. The van der Waals surface area contributed by atoms with E-state index in [1.54, 1.807) is 31.2 Å². The number of thioether (sulfide) groups is 1. The van der Waals surface area contributed by atoms with Crippen molar-refractivity contribution in [1.82, 2.24) is 4.98 Å². The Kier molecular flexibility index (Phi) is 8.77. The van der Waals surface area contributed by atoms with Crippen LogP contribution in [-0.4, -0.2) is 22.6 Å². The van der Waals surface area contributed by atoms with Gasteiger partial charge in [-0.25, -0.2) is 4.98 Å². The van der Waals surface area contributed by atoms with E-state index in [1.807, 2.05) is 54.6 Å². The van der Waals surface area contributed by atoms with E-state index in [0.717, 1.165) is 20.7 Å². The standard InChI is InChI=1S/C28H20Br2N4O2S/c1-17-25(27(36)34-21-5-3-2-4-6-21)26(18-7-9-19(29)10-8-18)23(15-31)28(32-17)37-16-24(35)33-22-13-11-20(30)12-14-22/h2-14H,16H2,1H3,(H,33,35)(H,34,36). The first-order chi connectivity index (χ1) is 17.9. The predicted molar refractivity (Wildman–Crippen MR) is 155 cm³/mol. The summed E-state index contributed by atoms with van der Waals surface area (Å²) in [6, 6.07) is 26.0. The molecule has 37 heavy (non-hydrogen) atoms. The summed E-state index contributed by atoms with van der Waals surface area (Å²) in [6.07, 6.45) is 0. The van der Waals surface area contributed by atoms with Crippen molar-refractivity contribution in [2.75, 3.05) is 16.4 Å². The molecule has 2 amide bonds. The molecule has 3 aromatic carbocycles. The Morgan fingerprint density at radius 2 is 1.49 bits per heavy atom. The minimum atomic E-state index is -0.366. The van der Waals surface area contributed by atoms with Gasteiger partial charge in [0.1, 0.15) is 11.1 Å². The number of hydrogen-bond donors (Lipinski definition) is 2. The topological polar surface area (TPSA) is 94.9 Å². The van der Waals surface area contributed by atoms with Gasteiger partial charge in [0.05, 0.1) is 22.6 Å². The molecule has 4 aromatic rings. The van der Waals surface area contributed by atoms with Crippen molar-refractivity contribution in [2.24, 2.45) is 0 Å². The molecule has 6 nitrogen and oxygen atoms in total. The van der Waals surface area contributed by atoms with Gasteiger partial charge in [-0.3, -0.25) is 9.59 Å². The summed E-state index contributed by atoms with van der Waals surface area (Å²) in [5.74, 6) is -0.547. The molecule has 0 aliphatic heterocycles. The fourth-order valence-corrected chi connectivity index (χ4v) is 5.01. The van der Waals surface area contributed by atoms with Crippen LogP contribution in [0.25, 0.3) is 11.1 Å². The highest BCUT2D eigenvalue weighted by Crippen LogP contribution is 2.36. The minimum Gasteiger partial charge on any atom is -0.325 e. The zero-order valence-corrected chi connectivity index (χ0v) is 23.6. The van der Waals surface area contributed by atoms with Gasteiger partial charge in [0.2, 0.25) is 5.91 Å². The molecule has 0 radical (unpaired) electrons. The Hall–Kier alpha value is -3.45. The van der Waals surface area contributed by atoms with Gasteiger partial charge < -0.3 is 10.6 Å².